The Hall–Kier alpha value is -3.42. The molecule has 0 amide bonds. The molecule has 2 aromatic heterocycles. The minimum Gasteiger partial charge on any atom is -0.437 e. The van der Waals surface area contributed by atoms with E-state index in [1.807, 2.05) is 0 Å². The number of nitro groups is 1. The second-order valence-corrected chi connectivity index (χ2v) is 4.62. The van der Waals surface area contributed by atoms with E-state index >= 15 is 0 Å². The maximum Gasteiger partial charge on any atom is 0.513 e. The number of carbonyl (C=O) groups excluding carboxylic acids is 1. The second kappa shape index (κ2) is 5.76. The van der Waals surface area contributed by atoms with E-state index < -0.39 is 11.1 Å². The van der Waals surface area contributed by atoms with Gasteiger partial charge in [0.25, 0.3) is 5.69 Å². The fourth-order valence-electron chi connectivity index (χ4n) is 2.09. The summed E-state index contributed by atoms with van der Waals surface area (Å²) < 4.78 is 11.0. The van der Waals surface area contributed by atoms with E-state index in [2.05, 4.69) is 9.72 Å². The number of pyridine rings is 1. The van der Waals surface area contributed by atoms with Gasteiger partial charge in [0.15, 0.2) is 5.75 Å². The van der Waals surface area contributed by atoms with Crippen LogP contribution in [0.5, 0.6) is 5.75 Å². The van der Waals surface area contributed by atoms with Crippen LogP contribution in [0.15, 0.2) is 48.8 Å². The monoisotopic (exact) mass is 313 g/mol. The van der Waals surface area contributed by atoms with Crippen molar-refractivity contribution in [3.8, 4) is 17.0 Å². The van der Waals surface area contributed by atoms with Crippen LogP contribution in [0, 0.1) is 10.1 Å². The van der Waals surface area contributed by atoms with E-state index in [1.165, 1.54) is 19.2 Å². The molecule has 8 nitrogen and oxygen atoms in total. The molecule has 3 aromatic rings. The molecule has 0 fully saturated rings. The molecular weight excluding hydrogens is 302 g/mol. The Kier molecular flexibility index (Phi) is 3.63. The SMILES string of the molecule is COC(=O)Oc1ccc2nc(-c3cccc([N+](=O)[O-])c3)cn2c1. The summed E-state index contributed by atoms with van der Waals surface area (Å²) in [5, 5.41) is 10.9. The van der Waals surface area contributed by atoms with Crippen molar-refractivity contribution >= 4 is 17.5 Å². The first-order chi connectivity index (χ1) is 11.1. The highest BCUT2D eigenvalue weighted by molar-refractivity contribution is 5.66. The predicted octanol–water partition coefficient (Wildman–Crippen LogP) is 3.05. The molecular formula is C15H11N3O5. The average molecular weight is 313 g/mol. The molecule has 0 N–H and O–H groups in total. The van der Waals surface area contributed by atoms with E-state index in [9.17, 15) is 14.9 Å². The van der Waals surface area contributed by atoms with Crippen LogP contribution >= 0.6 is 0 Å². The lowest BCUT2D eigenvalue weighted by Gasteiger charge is -2.02. The number of non-ortho nitro benzene ring substituents is 1. The summed E-state index contributed by atoms with van der Waals surface area (Å²) in [6.45, 7) is 0. The molecule has 0 aliphatic rings. The first kappa shape index (κ1) is 14.5. The summed E-state index contributed by atoms with van der Waals surface area (Å²) in [4.78, 5) is 25.9. The van der Waals surface area contributed by atoms with Gasteiger partial charge >= 0.3 is 6.16 Å². The van der Waals surface area contributed by atoms with Crippen LogP contribution in [0.2, 0.25) is 0 Å². The highest BCUT2D eigenvalue weighted by Gasteiger charge is 2.11. The topological polar surface area (TPSA) is 96.0 Å². The van der Waals surface area contributed by atoms with Crippen LogP contribution in [0.25, 0.3) is 16.9 Å². The number of hydrogen-bond acceptors (Lipinski definition) is 6. The molecule has 0 spiro atoms. The molecule has 0 atom stereocenters. The van der Waals surface area contributed by atoms with Gasteiger partial charge in [-0.25, -0.2) is 9.78 Å². The van der Waals surface area contributed by atoms with Crippen LogP contribution in [-0.4, -0.2) is 27.6 Å². The number of nitrogens with zero attached hydrogens (tertiary/aromatic N) is 3. The van der Waals surface area contributed by atoms with E-state index in [4.69, 9.17) is 4.74 Å². The van der Waals surface area contributed by atoms with Gasteiger partial charge in [0.05, 0.1) is 23.9 Å². The number of aromatic nitrogens is 2. The van der Waals surface area contributed by atoms with Gasteiger partial charge in [-0.15, -0.1) is 0 Å². The van der Waals surface area contributed by atoms with E-state index in [-0.39, 0.29) is 5.69 Å². The Bertz CT molecular complexity index is 903. The van der Waals surface area contributed by atoms with Crippen molar-refractivity contribution in [2.75, 3.05) is 7.11 Å². The number of carbonyl (C=O) groups is 1. The Morgan fingerprint density at radius 1 is 1.26 bits per heavy atom. The number of hydrogen-bond donors (Lipinski definition) is 0. The van der Waals surface area contributed by atoms with Gasteiger partial charge in [-0.3, -0.25) is 10.1 Å². The second-order valence-electron chi connectivity index (χ2n) is 4.62. The van der Waals surface area contributed by atoms with Gasteiger partial charge in [-0.05, 0) is 12.1 Å². The Labute approximate surface area is 130 Å². The Morgan fingerprint density at radius 3 is 2.83 bits per heavy atom. The van der Waals surface area contributed by atoms with Crippen LogP contribution in [0.1, 0.15) is 0 Å². The number of methoxy groups -OCH3 is 1. The Balaban J connectivity index is 1.98. The zero-order valence-corrected chi connectivity index (χ0v) is 12.0. The number of benzene rings is 1. The maximum absolute atomic E-state index is 11.1. The molecule has 8 heteroatoms. The van der Waals surface area contributed by atoms with E-state index in [0.29, 0.717) is 22.7 Å². The summed E-state index contributed by atoms with van der Waals surface area (Å²) in [6, 6.07) is 9.45. The van der Waals surface area contributed by atoms with Crippen LogP contribution in [0.4, 0.5) is 10.5 Å². The smallest absolute Gasteiger partial charge is 0.437 e. The number of nitro benzene ring substituents is 1. The molecule has 0 unspecified atom stereocenters. The number of imidazole rings is 1. The van der Waals surface area contributed by atoms with Crippen molar-refractivity contribution in [2.24, 2.45) is 0 Å². The summed E-state index contributed by atoms with van der Waals surface area (Å²) >= 11 is 0. The van der Waals surface area contributed by atoms with Gasteiger partial charge in [0.2, 0.25) is 0 Å². The summed E-state index contributed by atoms with van der Waals surface area (Å²) in [5.74, 6) is 0.298. The molecule has 0 aliphatic heterocycles. The molecule has 3 rings (SSSR count). The van der Waals surface area contributed by atoms with E-state index in [0.717, 1.165) is 0 Å². The predicted molar refractivity (Wildman–Crippen MR) is 80.3 cm³/mol. The molecule has 0 bridgehead atoms. The quantitative estimate of drug-likeness (QED) is 0.419. The van der Waals surface area contributed by atoms with Crippen molar-refractivity contribution in [1.82, 2.24) is 9.38 Å². The summed E-state index contributed by atoms with van der Waals surface area (Å²) in [5.41, 5.74) is 1.81. The van der Waals surface area contributed by atoms with E-state index in [1.54, 1.807) is 41.1 Å². The van der Waals surface area contributed by atoms with Crippen molar-refractivity contribution in [1.29, 1.82) is 0 Å². The lowest BCUT2D eigenvalue weighted by Crippen LogP contribution is -2.07. The number of ether oxygens (including phenoxy) is 2. The molecule has 0 aliphatic carbocycles. The van der Waals surface area contributed by atoms with Gasteiger partial charge in [0, 0.05) is 23.9 Å². The lowest BCUT2D eigenvalue weighted by molar-refractivity contribution is -0.384. The molecule has 0 saturated heterocycles. The third-order valence-corrected chi connectivity index (χ3v) is 3.14. The molecule has 2 heterocycles. The fourth-order valence-corrected chi connectivity index (χ4v) is 2.09. The molecule has 1 aromatic carbocycles. The zero-order valence-electron chi connectivity index (χ0n) is 12.0. The highest BCUT2D eigenvalue weighted by Crippen LogP contribution is 2.24. The molecule has 23 heavy (non-hydrogen) atoms. The lowest BCUT2D eigenvalue weighted by atomic mass is 10.1. The molecule has 116 valence electrons. The Morgan fingerprint density at radius 2 is 2.09 bits per heavy atom. The highest BCUT2D eigenvalue weighted by atomic mass is 16.7. The number of rotatable bonds is 3. The van der Waals surface area contributed by atoms with Crippen LogP contribution < -0.4 is 4.74 Å². The van der Waals surface area contributed by atoms with Crippen molar-refractivity contribution in [2.45, 2.75) is 0 Å². The first-order valence-corrected chi connectivity index (χ1v) is 6.56. The first-order valence-electron chi connectivity index (χ1n) is 6.56. The summed E-state index contributed by atoms with van der Waals surface area (Å²) in [6.07, 6.45) is 2.45. The van der Waals surface area contributed by atoms with Crippen molar-refractivity contribution in [3.05, 3.63) is 58.9 Å². The van der Waals surface area contributed by atoms with Gasteiger partial charge < -0.3 is 13.9 Å². The fraction of sp³-hybridized carbons (Fsp3) is 0.0667. The average Bonchev–Trinajstić information content (AvgIpc) is 2.98. The van der Waals surface area contributed by atoms with Gasteiger partial charge in [-0.2, -0.15) is 0 Å². The third kappa shape index (κ3) is 2.95. The van der Waals surface area contributed by atoms with Crippen LogP contribution in [-0.2, 0) is 4.74 Å². The normalized spacial score (nSPS) is 10.5. The van der Waals surface area contributed by atoms with Crippen molar-refractivity contribution in [3.63, 3.8) is 0 Å². The molecule has 0 radical (unpaired) electrons. The number of fused-ring (bicyclic) bond motifs is 1. The third-order valence-electron chi connectivity index (χ3n) is 3.14. The molecule has 0 saturated carbocycles. The standard InChI is InChI=1S/C15H11N3O5/c1-22-15(19)23-12-5-6-14-16-13(9-17(14)8-12)10-3-2-4-11(7-10)18(20)21/h2-9H,1H3. The van der Waals surface area contributed by atoms with Gasteiger partial charge in [0.1, 0.15) is 5.65 Å². The summed E-state index contributed by atoms with van der Waals surface area (Å²) in [7, 11) is 1.22. The van der Waals surface area contributed by atoms with Crippen LogP contribution in [0.3, 0.4) is 0 Å². The minimum absolute atomic E-state index is 0.00531. The minimum atomic E-state index is -0.816. The van der Waals surface area contributed by atoms with Crippen molar-refractivity contribution < 1.29 is 19.2 Å². The largest absolute Gasteiger partial charge is 0.513 e. The maximum atomic E-state index is 11.1. The zero-order chi connectivity index (χ0) is 16.4. The van der Waals surface area contributed by atoms with Gasteiger partial charge in [-0.1, -0.05) is 12.1 Å².